The van der Waals surface area contributed by atoms with Gasteiger partial charge in [-0.25, -0.2) is 0 Å². The smallest absolute Gasteiger partial charge is 0.303 e. The zero-order valence-corrected chi connectivity index (χ0v) is 19.1. The summed E-state index contributed by atoms with van der Waals surface area (Å²) in [5.41, 5.74) is 3.21. The molecule has 0 spiro atoms. The van der Waals surface area contributed by atoms with E-state index in [1.54, 1.807) is 6.08 Å². The van der Waals surface area contributed by atoms with Crippen LogP contribution in [0.15, 0.2) is 23.1 Å². The Morgan fingerprint density at radius 1 is 1.29 bits per heavy atom. The maximum atomic E-state index is 12.8. The number of carboxylic acid groups (broad SMARTS) is 1. The molecule has 2 heterocycles. The van der Waals surface area contributed by atoms with Gasteiger partial charge in [0.1, 0.15) is 0 Å². The first kappa shape index (κ1) is 23.6. The third-order valence-electron chi connectivity index (χ3n) is 5.40. The summed E-state index contributed by atoms with van der Waals surface area (Å²) in [6.07, 6.45) is 5.84. The molecule has 1 amide bonds. The van der Waals surface area contributed by atoms with E-state index in [2.05, 4.69) is 11.8 Å². The number of amides is 1. The van der Waals surface area contributed by atoms with Crippen LogP contribution in [0.5, 0.6) is 0 Å². The van der Waals surface area contributed by atoms with Gasteiger partial charge in [-0.1, -0.05) is 31.2 Å². The van der Waals surface area contributed by atoms with Crippen LogP contribution in [-0.4, -0.2) is 59.2 Å². The van der Waals surface area contributed by atoms with Crippen molar-refractivity contribution in [2.75, 3.05) is 24.5 Å². The minimum atomic E-state index is -4.52. The molecule has 1 fully saturated rings. The van der Waals surface area contributed by atoms with Crippen LogP contribution in [0.2, 0.25) is 0 Å². The van der Waals surface area contributed by atoms with E-state index in [0.29, 0.717) is 0 Å². The summed E-state index contributed by atoms with van der Waals surface area (Å²) in [6.45, 7) is 4.15. The van der Waals surface area contributed by atoms with Crippen molar-refractivity contribution < 1.29 is 27.7 Å². The normalized spacial score (nSPS) is 20.4. The van der Waals surface area contributed by atoms with E-state index in [9.17, 15) is 22.6 Å². The van der Waals surface area contributed by atoms with Crippen LogP contribution in [0.1, 0.15) is 50.2 Å². The highest BCUT2D eigenvalue weighted by atomic mass is 32.3. The second-order valence-electron chi connectivity index (χ2n) is 7.78. The van der Waals surface area contributed by atoms with Gasteiger partial charge in [0.05, 0.1) is 4.91 Å². The summed E-state index contributed by atoms with van der Waals surface area (Å²) in [7, 11) is -4.52. The van der Waals surface area contributed by atoms with Crippen molar-refractivity contribution in [3.63, 3.8) is 0 Å². The van der Waals surface area contributed by atoms with E-state index in [1.165, 1.54) is 11.3 Å². The largest absolute Gasteiger partial charge is 0.481 e. The van der Waals surface area contributed by atoms with Gasteiger partial charge in [-0.3, -0.25) is 14.1 Å². The Morgan fingerprint density at radius 2 is 2.06 bits per heavy atom. The number of carboxylic acids is 1. The van der Waals surface area contributed by atoms with E-state index in [1.807, 2.05) is 18.2 Å². The molecule has 170 valence electrons. The zero-order chi connectivity index (χ0) is 22.6. The number of carbonyl (C=O) groups excluding carboxylic acids is 1. The van der Waals surface area contributed by atoms with Gasteiger partial charge in [0, 0.05) is 31.7 Å². The standard InChI is InChI=1S/C21H28N2O6S2/c1-2-3-10-22-11-4-6-16-13-15(8-9-17(16)22)14-18-20(26)23(12-5-7-19(24)25)21(30-18)31(27,28)29/h8-9,13-14,21H,2-7,10-12H2,1H3,(H,24,25)(H,27,28,29). The first-order valence-electron chi connectivity index (χ1n) is 10.5. The molecule has 0 aromatic heterocycles. The summed E-state index contributed by atoms with van der Waals surface area (Å²) < 4.78 is 31.7. The van der Waals surface area contributed by atoms with Crippen LogP contribution in [0.25, 0.3) is 6.08 Å². The zero-order valence-electron chi connectivity index (χ0n) is 17.5. The molecule has 10 heteroatoms. The minimum Gasteiger partial charge on any atom is -0.481 e. The summed E-state index contributed by atoms with van der Waals surface area (Å²) in [6, 6.07) is 5.99. The van der Waals surface area contributed by atoms with E-state index in [4.69, 9.17) is 5.11 Å². The van der Waals surface area contributed by atoms with Crippen LogP contribution in [0.4, 0.5) is 5.69 Å². The third kappa shape index (κ3) is 5.81. The predicted octanol–water partition coefficient (Wildman–Crippen LogP) is 3.19. The lowest BCUT2D eigenvalue weighted by molar-refractivity contribution is -0.137. The Labute approximate surface area is 187 Å². The number of hydrogen-bond donors (Lipinski definition) is 2. The molecule has 0 radical (unpaired) electrons. The second kappa shape index (κ2) is 10.1. The number of unbranched alkanes of at least 4 members (excludes halogenated alkanes) is 1. The lowest BCUT2D eigenvalue weighted by atomic mass is 9.98. The SMILES string of the molecule is CCCCN1CCCc2cc(C=C3SC(S(=O)(=O)O)N(CCCC(=O)O)C3=O)ccc21. The molecule has 1 saturated heterocycles. The van der Waals surface area contributed by atoms with E-state index in [0.717, 1.165) is 61.0 Å². The lowest BCUT2D eigenvalue weighted by Gasteiger charge is -2.31. The molecule has 31 heavy (non-hydrogen) atoms. The molecule has 2 N–H and O–H groups in total. The van der Waals surface area contributed by atoms with E-state index < -0.39 is 26.7 Å². The van der Waals surface area contributed by atoms with E-state index >= 15 is 0 Å². The van der Waals surface area contributed by atoms with Gasteiger partial charge in [0.2, 0.25) is 4.71 Å². The number of nitrogens with zero attached hydrogens (tertiary/aromatic N) is 2. The van der Waals surface area contributed by atoms with Gasteiger partial charge in [0.15, 0.2) is 0 Å². The minimum absolute atomic E-state index is 0.0590. The Kier molecular flexibility index (Phi) is 7.66. The number of aryl methyl sites for hydroxylation is 1. The highest BCUT2D eigenvalue weighted by Gasteiger charge is 2.43. The average molecular weight is 469 g/mol. The Bertz CT molecular complexity index is 976. The van der Waals surface area contributed by atoms with Crippen molar-refractivity contribution in [3.8, 4) is 0 Å². The van der Waals surface area contributed by atoms with Crippen molar-refractivity contribution in [3.05, 3.63) is 34.2 Å². The van der Waals surface area contributed by atoms with Crippen LogP contribution in [0, 0.1) is 0 Å². The predicted molar refractivity (Wildman–Crippen MR) is 121 cm³/mol. The summed E-state index contributed by atoms with van der Waals surface area (Å²) in [5, 5.41) is 8.80. The molecular weight excluding hydrogens is 440 g/mol. The van der Waals surface area contributed by atoms with Crippen molar-refractivity contribution >= 4 is 45.5 Å². The fraction of sp³-hybridized carbons (Fsp3) is 0.524. The number of rotatable bonds is 9. The first-order chi connectivity index (χ1) is 14.7. The Hall–Kier alpha value is -2.04. The number of hydrogen-bond acceptors (Lipinski definition) is 6. The molecule has 2 aliphatic rings. The van der Waals surface area contributed by atoms with Crippen molar-refractivity contribution in [2.45, 2.75) is 50.2 Å². The highest BCUT2D eigenvalue weighted by molar-refractivity contribution is 8.15. The number of fused-ring (bicyclic) bond motifs is 1. The molecule has 1 aromatic carbocycles. The van der Waals surface area contributed by atoms with Gasteiger partial charge in [0.25, 0.3) is 16.0 Å². The molecule has 0 aliphatic carbocycles. The fourth-order valence-electron chi connectivity index (χ4n) is 3.90. The topological polar surface area (TPSA) is 115 Å². The van der Waals surface area contributed by atoms with Crippen LogP contribution in [-0.2, 0) is 26.1 Å². The molecule has 1 unspecified atom stereocenters. The maximum Gasteiger partial charge on any atom is 0.303 e. The van der Waals surface area contributed by atoms with Crippen molar-refractivity contribution in [2.24, 2.45) is 0 Å². The second-order valence-corrected chi connectivity index (χ2v) is 10.7. The van der Waals surface area contributed by atoms with Crippen LogP contribution >= 0.6 is 11.8 Å². The molecule has 1 aromatic rings. The lowest BCUT2D eigenvalue weighted by Crippen LogP contribution is -2.38. The quantitative estimate of drug-likeness (QED) is 0.419. The summed E-state index contributed by atoms with van der Waals surface area (Å²) >= 11 is 0.778. The number of aliphatic carboxylic acids is 1. The van der Waals surface area contributed by atoms with Crippen LogP contribution < -0.4 is 4.90 Å². The molecule has 3 rings (SSSR count). The number of thioether (sulfide) groups is 1. The average Bonchev–Trinajstić information content (AvgIpc) is 3.02. The number of benzene rings is 1. The highest BCUT2D eigenvalue weighted by Crippen LogP contribution is 2.39. The van der Waals surface area contributed by atoms with Gasteiger partial charge < -0.3 is 14.9 Å². The molecular formula is C21H28N2O6S2. The van der Waals surface area contributed by atoms with Gasteiger partial charge >= 0.3 is 5.97 Å². The first-order valence-corrected chi connectivity index (χ1v) is 12.8. The van der Waals surface area contributed by atoms with Gasteiger partial charge in [-0.05, 0) is 55.0 Å². The molecule has 8 nitrogen and oxygen atoms in total. The van der Waals surface area contributed by atoms with E-state index in [-0.39, 0.29) is 24.3 Å². The monoisotopic (exact) mass is 468 g/mol. The molecule has 0 bridgehead atoms. The van der Waals surface area contributed by atoms with Crippen LogP contribution in [0.3, 0.4) is 0 Å². The summed E-state index contributed by atoms with van der Waals surface area (Å²) in [4.78, 5) is 27.2. The Balaban J connectivity index is 1.82. The molecule has 0 saturated carbocycles. The van der Waals surface area contributed by atoms with Gasteiger partial charge in [-0.2, -0.15) is 8.42 Å². The van der Waals surface area contributed by atoms with Crippen molar-refractivity contribution in [1.29, 1.82) is 0 Å². The maximum absolute atomic E-state index is 12.8. The summed E-state index contributed by atoms with van der Waals surface area (Å²) in [5.74, 6) is -1.54. The number of carbonyl (C=O) groups is 2. The molecule has 1 atom stereocenters. The van der Waals surface area contributed by atoms with Gasteiger partial charge in [-0.15, -0.1) is 0 Å². The Morgan fingerprint density at radius 3 is 2.74 bits per heavy atom. The third-order valence-corrected chi connectivity index (χ3v) is 8.18. The molecule has 2 aliphatic heterocycles. The fourth-order valence-corrected chi connectivity index (χ4v) is 6.19. The number of anilines is 1. The van der Waals surface area contributed by atoms with Crippen molar-refractivity contribution in [1.82, 2.24) is 4.90 Å².